The minimum atomic E-state index is -0.563. The van der Waals surface area contributed by atoms with Gasteiger partial charge in [0.05, 0.1) is 5.69 Å². The van der Waals surface area contributed by atoms with E-state index in [0.29, 0.717) is 12.1 Å². The Balaban J connectivity index is 2.31. The third kappa shape index (κ3) is 2.20. The standard InChI is InChI=1S/C11H10N4O/c12-11(16)10-9(14-4-5-15-10)6-8-2-1-3-13-7-8/h1-5,7H,6H2,(H2,12,16). The number of rotatable bonds is 3. The van der Waals surface area contributed by atoms with Crippen molar-refractivity contribution < 1.29 is 4.79 Å². The van der Waals surface area contributed by atoms with Gasteiger partial charge in [-0.2, -0.15) is 0 Å². The summed E-state index contributed by atoms with van der Waals surface area (Å²) in [5.41, 5.74) is 6.96. The van der Waals surface area contributed by atoms with Crippen molar-refractivity contribution in [1.82, 2.24) is 15.0 Å². The molecule has 2 rings (SSSR count). The third-order valence-corrected chi connectivity index (χ3v) is 2.10. The van der Waals surface area contributed by atoms with Crippen LogP contribution in [0.15, 0.2) is 36.9 Å². The van der Waals surface area contributed by atoms with Crippen molar-refractivity contribution in [2.75, 3.05) is 0 Å². The van der Waals surface area contributed by atoms with Crippen LogP contribution in [-0.2, 0) is 6.42 Å². The fourth-order valence-corrected chi connectivity index (χ4v) is 1.40. The molecule has 5 heteroatoms. The molecule has 5 nitrogen and oxygen atoms in total. The van der Waals surface area contributed by atoms with E-state index >= 15 is 0 Å². The van der Waals surface area contributed by atoms with Gasteiger partial charge in [-0.1, -0.05) is 6.07 Å². The summed E-state index contributed by atoms with van der Waals surface area (Å²) in [5.74, 6) is -0.563. The van der Waals surface area contributed by atoms with Gasteiger partial charge in [0, 0.05) is 31.2 Å². The van der Waals surface area contributed by atoms with Gasteiger partial charge in [-0.25, -0.2) is 4.98 Å². The van der Waals surface area contributed by atoms with Gasteiger partial charge in [-0.15, -0.1) is 0 Å². The maximum Gasteiger partial charge on any atom is 0.269 e. The first-order valence-electron chi connectivity index (χ1n) is 4.76. The molecule has 2 aromatic rings. The highest BCUT2D eigenvalue weighted by atomic mass is 16.1. The first-order valence-corrected chi connectivity index (χ1v) is 4.76. The third-order valence-electron chi connectivity index (χ3n) is 2.10. The van der Waals surface area contributed by atoms with E-state index in [1.807, 2.05) is 12.1 Å². The smallest absolute Gasteiger partial charge is 0.269 e. The van der Waals surface area contributed by atoms with Crippen LogP contribution in [0, 0.1) is 0 Å². The van der Waals surface area contributed by atoms with Crippen molar-refractivity contribution in [2.45, 2.75) is 6.42 Å². The molecule has 16 heavy (non-hydrogen) atoms. The molecular formula is C11H10N4O. The normalized spacial score (nSPS) is 10.0. The van der Waals surface area contributed by atoms with Gasteiger partial charge in [0.2, 0.25) is 0 Å². The van der Waals surface area contributed by atoms with Gasteiger partial charge < -0.3 is 5.73 Å². The van der Waals surface area contributed by atoms with Crippen molar-refractivity contribution in [1.29, 1.82) is 0 Å². The minimum absolute atomic E-state index is 0.214. The van der Waals surface area contributed by atoms with Crippen molar-refractivity contribution in [2.24, 2.45) is 5.73 Å². The Kier molecular flexibility index (Phi) is 2.86. The number of amides is 1. The van der Waals surface area contributed by atoms with Crippen LogP contribution in [0.1, 0.15) is 21.7 Å². The molecule has 80 valence electrons. The van der Waals surface area contributed by atoms with E-state index in [1.54, 1.807) is 12.4 Å². The Hall–Kier alpha value is -2.30. The lowest BCUT2D eigenvalue weighted by atomic mass is 10.1. The Morgan fingerprint density at radius 1 is 1.25 bits per heavy atom. The van der Waals surface area contributed by atoms with Gasteiger partial charge in [0.1, 0.15) is 5.69 Å². The first kappa shape index (κ1) is 10.2. The van der Waals surface area contributed by atoms with E-state index < -0.39 is 5.91 Å². The van der Waals surface area contributed by atoms with E-state index in [-0.39, 0.29) is 5.69 Å². The molecule has 0 saturated heterocycles. The molecule has 0 spiro atoms. The quantitative estimate of drug-likeness (QED) is 0.809. The summed E-state index contributed by atoms with van der Waals surface area (Å²) >= 11 is 0. The lowest BCUT2D eigenvalue weighted by Crippen LogP contribution is -2.17. The van der Waals surface area contributed by atoms with Crippen LogP contribution in [0.25, 0.3) is 0 Å². The molecule has 0 unspecified atom stereocenters. The maximum absolute atomic E-state index is 11.1. The Morgan fingerprint density at radius 2 is 2.06 bits per heavy atom. The summed E-state index contributed by atoms with van der Waals surface area (Å²) < 4.78 is 0. The average molecular weight is 214 g/mol. The Morgan fingerprint density at radius 3 is 2.75 bits per heavy atom. The molecule has 2 aromatic heterocycles. The fraction of sp³-hybridized carbons (Fsp3) is 0.0909. The van der Waals surface area contributed by atoms with Crippen LogP contribution in [0.2, 0.25) is 0 Å². The summed E-state index contributed by atoms with van der Waals surface area (Å²) in [6, 6.07) is 3.74. The molecule has 0 fully saturated rings. The van der Waals surface area contributed by atoms with Crippen LogP contribution in [0.4, 0.5) is 0 Å². The molecule has 0 bridgehead atoms. The molecular weight excluding hydrogens is 204 g/mol. The predicted octanol–water partition coefficient (Wildman–Crippen LogP) is 0.561. The number of carbonyl (C=O) groups is 1. The van der Waals surface area contributed by atoms with Crippen molar-refractivity contribution in [3.63, 3.8) is 0 Å². The van der Waals surface area contributed by atoms with Gasteiger partial charge in [0.25, 0.3) is 5.91 Å². The molecule has 0 saturated carbocycles. The SMILES string of the molecule is NC(=O)c1nccnc1Cc1cccnc1. The molecule has 1 amide bonds. The second kappa shape index (κ2) is 4.48. The lowest BCUT2D eigenvalue weighted by Gasteiger charge is -2.03. The Bertz CT molecular complexity index is 498. The zero-order valence-corrected chi connectivity index (χ0v) is 8.50. The molecule has 0 aliphatic carbocycles. The number of nitrogens with two attached hydrogens (primary N) is 1. The molecule has 2 N–H and O–H groups in total. The van der Waals surface area contributed by atoms with Crippen LogP contribution >= 0.6 is 0 Å². The summed E-state index contributed by atoms with van der Waals surface area (Å²) in [5, 5.41) is 0. The molecule has 0 aliphatic heterocycles. The number of carbonyl (C=O) groups excluding carboxylic acids is 1. The number of hydrogen-bond acceptors (Lipinski definition) is 4. The summed E-state index contributed by atoms with van der Waals surface area (Å²) in [6.45, 7) is 0. The van der Waals surface area contributed by atoms with Crippen LogP contribution < -0.4 is 5.73 Å². The van der Waals surface area contributed by atoms with Gasteiger partial charge in [0.15, 0.2) is 0 Å². The van der Waals surface area contributed by atoms with Crippen molar-refractivity contribution in [3.8, 4) is 0 Å². The van der Waals surface area contributed by atoms with Crippen molar-refractivity contribution in [3.05, 3.63) is 53.9 Å². The molecule has 2 heterocycles. The summed E-state index contributed by atoms with van der Waals surface area (Å²) in [7, 11) is 0. The highest BCUT2D eigenvalue weighted by Crippen LogP contribution is 2.08. The van der Waals surface area contributed by atoms with Gasteiger partial charge in [-0.05, 0) is 11.6 Å². The first-order chi connectivity index (χ1) is 7.77. The molecule has 0 radical (unpaired) electrons. The van der Waals surface area contributed by atoms with E-state index in [1.165, 1.54) is 12.4 Å². The number of hydrogen-bond donors (Lipinski definition) is 1. The second-order valence-corrected chi connectivity index (χ2v) is 3.25. The topological polar surface area (TPSA) is 81.8 Å². The molecule has 0 atom stereocenters. The van der Waals surface area contributed by atoms with Crippen LogP contribution in [0.3, 0.4) is 0 Å². The largest absolute Gasteiger partial charge is 0.364 e. The number of nitrogens with zero attached hydrogens (tertiary/aromatic N) is 3. The highest BCUT2D eigenvalue weighted by molar-refractivity contribution is 5.91. The number of aromatic nitrogens is 3. The van der Waals surface area contributed by atoms with E-state index in [9.17, 15) is 4.79 Å². The van der Waals surface area contributed by atoms with E-state index in [2.05, 4.69) is 15.0 Å². The molecule has 0 aromatic carbocycles. The van der Waals surface area contributed by atoms with Crippen molar-refractivity contribution >= 4 is 5.91 Å². The average Bonchev–Trinajstić information content (AvgIpc) is 2.31. The highest BCUT2D eigenvalue weighted by Gasteiger charge is 2.10. The summed E-state index contributed by atoms with van der Waals surface area (Å²) in [4.78, 5) is 23.1. The monoisotopic (exact) mass is 214 g/mol. The van der Waals surface area contributed by atoms with Gasteiger partial charge >= 0.3 is 0 Å². The lowest BCUT2D eigenvalue weighted by molar-refractivity contribution is 0.0994. The molecule has 0 aliphatic rings. The fourth-order valence-electron chi connectivity index (χ4n) is 1.40. The van der Waals surface area contributed by atoms with E-state index in [4.69, 9.17) is 5.73 Å². The summed E-state index contributed by atoms with van der Waals surface area (Å²) in [6.07, 6.45) is 6.90. The number of primary amides is 1. The van der Waals surface area contributed by atoms with Crippen LogP contribution in [0.5, 0.6) is 0 Å². The zero-order valence-electron chi connectivity index (χ0n) is 8.50. The zero-order chi connectivity index (χ0) is 11.4. The Labute approximate surface area is 92.4 Å². The predicted molar refractivity (Wildman–Crippen MR) is 57.6 cm³/mol. The second-order valence-electron chi connectivity index (χ2n) is 3.25. The van der Waals surface area contributed by atoms with Gasteiger partial charge in [-0.3, -0.25) is 14.8 Å². The number of pyridine rings is 1. The minimum Gasteiger partial charge on any atom is -0.364 e. The van der Waals surface area contributed by atoms with E-state index in [0.717, 1.165) is 5.56 Å². The maximum atomic E-state index is 11.1. The van der Waals surface area contributed by atoms with Crippen LogP contribution in [-0.4, -0.2) is 20.9 Å².